The SMILES string of the molecule is Cc1cc(C)n(Cc2cccc(NC(=O)[C@@H]3CCCN[C@@H]3C)c2)n1. The van der Waals surface area contributed by atoms with Crippen LogP contribution in [-0.2, 0) is 11.3 Å². The molecule has 1 aliphatic rings. The van der Waals surface area contributed by atoms with Crippen LogP contribution in [0.3, 0.4) is 0 Å². The fourth-order valence-corrected chi connectivity index (χ4v) is 3.39. The molecule has 0 aliphatic carbocycles. The third-order valence-electron chi connectivity index (χ3n) is 4.73. The van der Waals surface area contributed by atoms with Crippen LogP contribution in [0.4, 0.5) is 5.69 Å². The monoisotopic (exact) mass is 326 g/mol. The molecule has 1 aromatic carbocycles. The minimum atomic E-state index is 0.0402. The number of rotatable bonds is 4. The minimum Gasteiger partial charge on any atom is -0.326 e. The summed E-state index contributed by atoms with van der Waals surface area (Å²) in [4.78, 5) is 12.5. The fraction of sp³-hybridized carbons (Fsp3) is 0.474. The number of hydrogen-bond donors (Lipinski definition) is 2. The second-order valence-electron chi connectivity index (χ2n) is 6.77. The first kappa shape index (κ1) is 16.7. The van der Waals surface area contributed by atoms with Crippen LogP contribution < -0.4 is 10.6 Å². The van der Waals surface area contributed by atoms with Crippen LogP contribution >= 0.6 is 0 Å². The van der Waals surface area contributed by atoms with Crippen molar-refractivity contribution in [2.75, 3.05) is 11.9 Å². The van der Waals surface area contributed by atoms with E-state index in [1.165, 1.54) is 0 Å². The lowest BCUT2D eigenvalue weighted by Gasteiger charge is -2.28. The van der Waals surface area contributed by atoms with E-state index in [1.54, 1.807) is 0 Å². The van der Waals surface area contributed by atoms with Crippen molar-refractivity contribution in [2.45, 2.75) is 46.2 Å². The summed E-state index contributed by atoms with van der Waals surface area (Å²) in [5.74, 6) is 0.149. The number of hydrogen-bond acceptors (Lipinski definition) is 3. The molecule has 5 heteroatoms. The standard InChI is InChI=1S/C19H26N4O/c1-13-10-14(2)23(22-13)12-16-6-4-7-17(11-16)21-19(24)18-8-5-9-20-15(18)3/h4,6-7,10-11,15,18,20H,5,8-9,12H2,1-3H3,(H,21,24)/t15-,18-/m1/s1. The van der Waals surface area contributed by atoms with Crippen molar-refractivity contribution in [3.8, 4) is 0 Å². The maximum atomic E-state index is 12.5. The number of anilines is 1. The Morgan fingerprint density at radius 1 is 1.38 bits per heavy atom. The Hall–Kier alpha value is -2.14. The van der Waals surface area contributed by atoms with Gasteiger partial charge in [0.05, 0.1) is 18.2 Å². The van der Waals surface area contributed by atoms with E-state index in [1.807, 2.05) is 29.8 Å². The molecule has 2 aromatic rings. The lowest BCUT2D eigenvalue weighted by atomic mass is 9.91. The molecule has 0 unspecified atom stereocenters. The topological polar surface area (TPSA) is 59.0 Å². The Balaban J connectivity index is 1.68. The summed E-state index contributed by atoms with van der Waals surface area (Å²) in [5.41, 5.74) is 4.16. The Morgan fingerprint density at radius 3 is 2.92 bits per heavy atom. The first-order chi connectivity index (χ1) is 11.5. The fourth-order valence-electron chi connectivity index (χ4n) is 3.39. The maximum Gasteiger partial charge on any atom is 0.229 e. The van der Waals surface area contributed by atoms with Crippen LogP contribution in [0.25, 0.3) is 0 Å². The summed E-state index contributed by atoms with van der Waals surface area (Å²) in [6, 6.07) is 10.3. The van der Waals surface area contributed by atoms with Gasteiger partial charge in [-0.05, 0) is 63.9 Å². The van der Waals surface area contributed by atoms with Crippen LogP contribution in [0.15, 0.2) is 30.3 Å². The average molecular weight is 326 g/mol. The third-order valence-corrected chi connectivity index (χ3v) is 4.73. The number of benzene rings is 1. The second-order valence-corrected chi connectivity index (χ2v) is 6.77. The number of nitrogens with zero attached hydrogens (tertiary/aromatic N) is 2. The summed E-state index contributed by atoms with van der Waals surface area (Å²) in [5, 5.41) is 11.0. The molecule has 0 radical (unpaired) electrons. The zero-order chi connectivity index (χ0) is 17.1. The van der Waals surface area contributed by atoms with Gasteiger partial charge in [0.2, 0.25) is 5.91 Å². The zero-order valence-electron chi connectivity index (χ0n) is 14.7. The molecule has 2 heterocycles. The number of carbonyl (C=O) groups is 1. The molecule has 1 aliphatic heterocycles. The van der Waals surface area contributed by atoms with E-state index < -0.39 is 0 Å². The number of amides is 1. The molecule has 1 fully saturated rings. The van der Waals surface area contributed by atoms with Gasteiger partial charge in [-0.1, -0.05) is 12.1 Å². The molecule has 3 rings (SSSR count). The van der Waals surface area contributed by atoms with E-state index in [2.05, 4.69) is 41.7 Å². The lowest BCUT2D eigenvalue weighted by Crippen LogP contribution is -2.44. The van der Waals surface area contributed by atoms with Gasteiger partial charge in [-0.3, -0.25) is 9.48 Å². The summed E-state index contributed by atoms with van der Waals surface area (Å²) in [6.45, 7) is 7.86. The highest BCUT2D eigenvalue weighted by Gasteiger charge is 2.27. The molecule has 0 saturated carbocycles. The molecule has 0 bridgehead atoms. The van der Waals surface area contributed by atoms with Crippen molar-refractivity contribution in [1.82, 2.24) is 15.1 Å². The largest absolute Gasteiger partial charge is 0.326 e. The van der Waals surface area contributed by atoms with Crippen molar-refractivity contribution >= 4 is 11.6 Å². The zero-order valence-corrected chi connectivity index (χ0v) is 14.7. The summed E-state index contributed by atoms with van der Waals surface area (Å²) in [6.07, 6.45) is 2.01. The Morgan fingerprint density at radius 2 is 2.21 bits per heavy atom. The van der Waals surface area contributed by atoms with Crippen molar-refractivity contribution < 1.29 is 4.79 Å². The van der Waals surface area contributed by atoms with Crippen LogP contribution in [0, 0.1) is 19.8 Å². The molecule has 2 N–H and O–H groups in total. The van der Waals surface area contributed by atoms with E-state index >= 15 is 0 Å². The van der Waals surface area contributed by atoms with Gasteiger partial charge in [0.25, 0.3) is 0 Å². The van der Waals surface area contributed by atoms with Gasteiger partial charge in [0, 0.05) is 17.4 Å². The molecule has 2 atom stereocenters. The van der Waals surface area contributed by atoms with Gasteiger partial charge in [-0.15, -0.1) is 0 Å². The molecule has 5 nitrogen and oxygen atoms in total. The highest BCUT2D eigenvalue weighted by molar-refractivity contribution is 5.93. The third kappa shape index (κ3) is 3.85. The molecule has 1 saturated heterocycles. The number of carbonyl (C=O) groups excluding carboxylic acids is 1. The van der Waals surface area contributed by atoms with E-state index in [0.29, 0.717) is 6.54 Å². The molecule has 24 heavy (non-hydrogen) atoms. The lowest BCUT2D eigenvalue weighted by molar-refractivity contribution is -0.121. The Kier molecular flexibility index (Phi) is 5.00. The number of aromatic nitrogens is 2. The van der Waals surface area contributed by atoms with Crippen molar-refractivity contribution in [2.24, 2.45) is 5.92 Å². The second kappa shape index (κ2) is 7.18. The summed E-state index contributed by atoms with van der Waals surface area (Å²) >= 11 is 0. The van der Waals surface area contributed by atoms with E-state index in [9.17, 15) is 4.79 Å². The van der Waals surface area contributed by atoms with Crippen molar-refractivity contribution in [1.29, 1.82) is 0 Å². The first-order valence-electron chi connectivity index (χ1n) is 8.67. The normalized spacial score (nSPS) is 20.8. The van der Waals surface area contributed by atoms with Gasteiger partial charge in [0.15, 0.2) is 0 Å². The molecule has 1 amide bonds. The smallest absolute Gasteiger partial charge is 0.229 e. The predicted molar refractivity (Wildman–Crippen MR) is 96.1 cm³/mol. The minimum absolute atomic E-state index is 0.0402. The predicted octanol–water partition coefficient (Wildman–Crippen LogP) is 2.87. The molecular weight excluding hydrogens is 300 g/mol. The molecule has 1 aromatic heterocycles. The van der Waals surface area contributed by atoms with E-state index in [4.69, 9.17) is 0 Å². The molecular formula is C19H26N4O. The van der Waals surface area contributed by atoms with Gasteiger partial charge >= 0.3 is 0 Å². The number of nitrogens with one attached hydrogen (secondary N) is 2. The van der Waals surface area contributed by atoms with Gasteiger partial charge in [0.1, 0.15) is 0 Å². The van der Waals surface area contributed by atoms with Gasteiger partial charge in [-0.2, -0.15) is 5.10 Å². The summed E-state index contributed by atoms with van der Waals surface area (Å²) in [7, 11) is 0. The van der Waals surface area contributed by atoms with E-state index in [0.717, 1.165) is 42.0 Å². The van der Waals surface area contributed by atoms with Crippen molar-refractivity contribution in [3.63, 3.8) is 0 Å². The highest BCUT2D eigenvalue weighted by Crippen LogP contribution is 2.20. The number of piperidine rings is 1. The van der Waals surface area contributed by atoms with Crippen LogP contribution in [0.1, 0.15) is 36.7 Å². The first-order valence-corrected chi connectivity index (χ1v) is 8.67. The summed E-state index contributed by atoms with van der Waals surface area (Å²) < 4.78 is 1.99. The van der Waals surface area contributed by atoms with Crippen LogP contribution in [-0.4, -0.2) is 28.3 Å². The quantitative estimate of drug-likeness (QED) is 0.908. The Bertz CT molecular complexity index is 722. The van der Waals surface area contributed by atoms with Crippen molar-refractivity contribution in [3.05, 3.63) is 47.3 Å². The highest BCUT2D eigenvalue weighted by atomic mass is 16.1. The maximum absolute atomic E-state index is 12.5. The average Bonchev–Trinajstić information content (AvgIpc) is 2.85. The van der Waals surface area contributed by atoms with Crippen LogP contribution in [0.2, 0.25) is 0 Å². The number of aryl methyl sites for hydroxylation is 2. The molecule has 128 valence electrons. The molecule has 0 spiro atoms. The van der Waals surface area contributed by atoms with Gasteiger partial charge in [-0.25, -0.2) is 0 Å². The van der Waals surface area contributed by atoms with Crippen LogP contribution in [0.5, 0.6) is 0 Å². The van der Waals surface area contributed by atoms with Gasteiger partial charge < -0.3 is 10.6 Å². The van der Waals surface area contributed by atoms with E-state index in [-0.39, 0.29) is 17.9 Å². The Labute approximate surface area is 143 Å².